The van der Waals surface area contributed by atoms with Crippen LogP contribution in [0, 0.1) is 24.7 Å². The second-order valence-corrected chi connectivity index (χ2v) is 7.81. The van der Waals surface area contributed by atoms with Crippen LogP contribution >= 0.6 is 0 Å². The van der Waals surface area contributed by atoms with Crippen LogP contribution in [0.3, 0.4) is 0 Å². The molecule has 1 aliphatic heterocycles. The van der Waals surface area contributed by atoms with Crippen molar-refractivity contribution < 1.29 is 17.9 Å². The molecule has 1 heterocycles. The van der Waals surface area contributed by atoms with Crippen molar-refractivity contribution in [2.24, 2.45) is 17.8 Å². The molecule has 0 amide bonds. The van der Waals surface area contributed by atoms with E-state index in [0.717, 1.165) is 5.56 Å². The van der Waals surface area contributed by atoms with Crippen LogP contribution in [-0.2, 0) is 19.6 Å². The summed E-state index contributed by atoms with van der Waals surface area (Å²) < 4.78 is 31.6. The van der Waals surface area contributed by atoms with Gasteiger partial charge in [0, 0.05) is 12.6 Å². The second-order valence-electron chi connectivity index (χ2n) is 5.92. The Morgan fingerprint density at radius 2 is 1.90 bits per heavy atom. The molecule has 0 bridgehead atoms. The molecule has 2 aliphatic rings. The first-order chi connectivity index (χ1) is 9.87. The lowest BCUT2D eigenvalue weighted by atomic mass is 10.2. The Hall–Kier alpha value is -1.40. The fourth-order valence-electron chi connectivity index (χ4n) is 3.49. The quantitative estimate of drug-likeness (QED) is 0.792. The number of fused-ring (bicyclic) bond motifs is 1. The predicted molar refractivity (Wildman–Crippen MR) is 77.0 cm³/mol. The number of sulfonamides is 1. The third-order valence-corrected chi connectivity index (χ3v) is 6.70. The fourth-order valence-corrected chi connectivity index (χ4v) is 5.19. The molecule has 0 aromatic heterocycles. The first kappa shape index (κ1) is 14.5. The maximum absolute atomic E-state index is 12.7. The van der Waals surface area contributed by atoms with Gasteiger partial charge in [0.25, 0.3) is 0 Å². The highest BCUT2D eigenvalue weighted by Crippen LogP contribution is 2.56. The van der Waals surface area contributed by atoms with Crippen LogP contribution in [0.15, 0.2) is 29.2 Å². The van der Waals surface area contributed by atoms with Crippen LogP contribution in [0.4, 0.5) is 0 Å². The molecule has 2 fully saturated rings. The van der Waals surface area contributed by atoms with Gasteiger partial charge < -0.3 is 4.74 Å². The average Bonchev–Trinajstić information content (AvgIpc) is 3.08. The highest BCUT2D eigenvalue weighted by Gasteiger charge is 2.65. The summed E-state index contributed by atoms with van der Waals surface area (Å²) in [6.45, 7) is 4.20. The summed E-state index contributed by atoms with van der Waals surface area (Å²) in [5.74, 6) is -0.149. The second kappa shape index (κ2) is 4.81. The molecular formula is C15H19NO4S. The first-order valence-electron chi connectivity index (χ1n) is 7.04. The van der Waals surface area contributed by atoms with E-state index in [9.17, 15) is 13.2 Å². The van der Waals surface area contributed by atoms with E-state index in [0.29, 0.717) is 11.4 Å². The van der Waals surface area contributed by atoms with Crippen LogP contribution in [-0.4, -0.2) is 38.4 Å². The number of benzene rings is 1. The summed E-state index contributed by atoms with van der Waals surface area (Å²) in [6.07, 6.45) is 0. The van der Waals surface area contributed by atoms with Crippen molar-refractivity contribution in [2.45, 2.75) is 24.8 Å². The topological polar surface area (TPSA) is 63.7 Å². The van der Waals surface area contributed by atoms with Crippen LogP contribution < -0.4 is 0 Å². The summed E-state index contributed by atoms with van der Waals surface area (Å²) in [5.41, 5.74) is 1.03. The number of esters is 1. The number of carbonyl (C=O) groups is 1. The normalized spacial score (nSPS) is 31.8. The lowest BCUT2D eigenvalue weighted by molar-refractivity contribution is -0.143. The molecule has 0 N–H and O–H groups in total. The number of hydrogen-bond acceptors (Lipinski definition) is 4. The minimum atomic E-state index is -3.48. The first-order valence-corrected chi connectivity index (χ1v) is 8.48. The predicted octanol–water partition coefficient (Wildman–Crippen LogP) is 1.42. The fraction of sp³-hybridized carbons (Fsp3) is 0.533. The number of nitrogens with zero attached hydrogens (tertiary/aromatic N) is 1. The number of piperidine rings is 1. The average molecular weight is 309 g/mol. The molecule has 1 aromatic carbocycles. The van der Waals surface area contributed by atoms with E-state index in [4.69, 9.17) is 4.74 Å². The number of carbonyl (C=O) groups excluding carboxylic acids is 1. The molecule has 21 heavy (non-hydrogen) atoms. The summed E-state index contributed by atoms with van der Waals surface area (Å²) in [4.78, 5) is 11.9. The van der Waals surface area contributed by atoms with E-state index < -0.39 is 10.0 Å². The zero-order valence-electron chi connectivity index (χ0n) is 12.3. The molecule has 5 nitrogen and oxygen atoms in total. The van der Waals surface area contributed by atoms with Crippen LogP contribution in [0.1, 0.15) is 12.5 Å². The van der Waals surface area contributed by atoms with Gasteiger partial charge >= 0.3 is 5.97 Å². The van der Waals surface area contributed by atoms with Crippen molar-refractivity contribution in [3.8, 4) is 0 Å². The number of aryl methyl sites for hydroxylation is 1. The number of rotatable bonds is 3. The van der Waals surface area contributed by atoms with Crippen molar-refractivity contribution in [1.29, 1.82) is 0 Å². The van der Waals surface area contributed by atoms with Crippen molar-refractivity contribution in [1.82, 2.24) is 4.31 Å². The molecule has 4 atom stereocenters. The van der Waals surface area contributed by atoms with Gasteiger partial charge in [-0.15, -0.1) is 0 Å². The molecule has 114 valence electrons. The highest BCUT2D eigenvalue weighted by atomic mass is 32.2. The van der Waals surface area contributed by atoms with E-state index in [1.54, 1.807) is 24.3 Å². The zero-order chi connectivity index (χ0) is 15.4. The zero-order valence-corrected chi connectivity index (χ0v) is 13.1. The van der Waals surface area contributed by atoms with Crippen molar-refractivity contribution in [2.75, 3.05) is 13.7 Å². The Bertz CT molecular complexity index is 667. The van der Waals surface area contributed by atoms with Crippen LogP contribution in [0.5, 0.6) is 0 Å². The summed E-state index contributed by atoms with van der Waals surface area (Å²) in [7, 11) is -2.10. The van der Waals surface area contributed by atoms with Gasteiger partial charge in [-0.25, -0.2) is 8.42 Å². The maximum atomic E-state index is 12.7. The Kier molecular flexibility index (Phi) is 3.33. The molecule has 1 aromatic rings. The van der Waals surface area contributed by atoms with Gasteiger partial charge in [-0.05, 0) is 37.8 Å². The van der Waals surface area contributed by atoms with E-state index >= 15 is 0 Å². The third kappa shape index (κ3) is 2.17. The molecule has 0 spiro atoms. The smallest absolute Gasteiger partial charge is 0.309 e. The number of methoxy groups -OCH3 is 1. The van der Waals surface area contributed by atoms with Gasteiger partial charge in [-0.2, -0.15) is 4.31 Å². The molecule has 1 saturated carbocycles. The minimum Gasteiger partial charge on any atom is -0.469 e. The Labute approximate surface area is 124 Å². The van der Waals surface area contributed by atoms with Gasteiger partial charge in [0.1, 0.15) is 0 Å². The monoisotopic (exact) mass is 309 g/mol. The largest absolute Gasteiger partial charge is 0.469 e. The molecule has 0 unspecified atom stereocenters. The SMILES string of the molecule is COC(=O)[C@@H]1[C@H]2CN(S(=O)(=O)c3ccc(C)cc3)[C@H](C)[C@H]21. The van der Waals surface area contributed by atoms with Crippen molar-refractivity contribution in [3.05, 3.63) is 29.8 Å². The van der Waals surface area contributed by atoms with E-state index in [1.165, 1.54) is 11.4 Å². The molecule has 1 aliphatic carbocycles. The molecule has 0 radical (unpaired) electrons. The van der Waals surface area contributed by atoms with Gasteiger partial charge in [0.2, 0.25) is 10.0 Å². The van der Waals surface area contributed by atoms with Crippen LogP contribution in [0.2, 0.25) is 0 Å². The molecular weight excluding hydrogens is 290 g/mol. The summed E-state index contributed by atoms with van der Waals surface area (Å²) in [6, 6.07) is 6.71. The van der Waals surface area contributed by atoms with Gasteiger partial charge in [-0.3, -0.25) is 4.79 Å². The molecule has 3 rings (SSSR count). The van der Waals surface area contributed by atoms with Gasteiger partial charge in [-0.1, -0.05) is 17.7 Å². The number of hydrogen-bond donors (Lipinski definition) is 0. The molecule has 6 heteroatoms. The lowest BCUT2D eigenvalue weighted by Gasteiger charge is -2.25. The summed E-state index contributed by atoms with van der Waals surface area (Å²) >= 11 is 0. The van der Waals surface area contributed by atoms with Crippen molar-refractivity contribution in [3.63, 3.8) is 0 Å². The van der Waals surface area contributed by atoms with Gasteiger partial charge in [0.05, 0.1) is 17.9 Å². The maximum Gasteiger partial charge on any atom is 0.309 e. The highest BCUT2D eigenvalue weighted by molar-refractivity contribution is 7.89. The Morgan fingerprint density at radius 3 is 2.38 bits per heavy atom. The van der Waals surface area contributed by atoms with Gasteiger partial charge in [0.15, 0.2) is 0 Å². The Balaban J connectivity index is 1.81. The van der Waals surface area contributed by atoms with E-state index in [-0.39, 0.29) is 29.8 Å². The van der Waals surface area contributed by atoms with Crippen LogP contribution in [0.25, 0.3) is 0 Å². The number of ether oxygens (including phenoxy) is 1. The molecule has 1 saturated heterocycles. The Morgan fingerprint density at radius 1 is 1.29 bits per heavy atom. The summed E-state index contributed by atoms with van der Waals surface area (Å²) in [5, 5.41) is 0. The minimum absolute atomic E-state index is 0.0951. The lowest BCUT2D eigenvalue weighted by Crippen LogP contribution is -2.38. The van der Waals surface area contributed by atoms with Crippen molar-refractivity contribution >= 4 is 16.0 Å². The standard InChI is InChI=1S/C15H19NO4S/c1-9-4-6-11(7-5-9)21(18,19)16-8-12-13(10(16)2)14(12)15(17)20-3/h4-7,10,12-14H,8H2,1-3H3/t10-,12+,13-,14-/m1/s1. The third-order valence-electron chi connectivity index (χ3n) is 4.73. The van der Waals surface area contributed by atoms with E-state index in [2.05, 4.69) is 0 Å². The van der Waals surface area contributed by atoms with E-state index in [1.807, 2.05) is 13.8 Å².